The van der Waals surface area contributed by atoms with Crippen molar-refractivity contribution in [3.05, 3.63) is 48.3 Å². The van der Waals surface area contributed by atoms with Gasteiger partial charge in [0.05, 0.1) is 0 Å². The van der Waals surface area contributed by atoms with Crippen molar-refractivity contribution in [3.63, 3.8) is 0 Å². The Hall–Kier alpha value is -2.67. The molecule has 138 valence electrons. The average molecular weight is 355 g/mol. The SMILES string of the molecule is COCCCNc1nccc(C(=O)N2CCN(c3ccccc3)CC2)n1. The van der Waals surface area contributed by atoms with Crippen molar-refractivity contribution < 1.29 is 9.53 Å². The molecule has 2 aromatic rings. The molecule has 0 atom stereocenters. The first-order valence-electron chi connectivity index (χ1n) is 8.93. The molecule has 1 amide bonds. The Morgan fingerprint density at radius 2 is 1.92 bits per heavy atom. The molecule has 7 nitrogen and oxygen atoms in total. The van der Waals surface area contributed by atoms with Crippen molar-refractivity contribution in [1.82, 2.24) is 14.9 Å². The number of amides is 1. The number of carbonyl (C=O) groups excluding carboxylic acids is 1. The van der Waals surface area contributed by atoms with Crippen LogP contribution < -0.4 is 10.2 Å². The van der Waals surface area contributed by atoms with Gasteiger partial charge in [0.2, 0.25) is 5.95 Å². The Balaban J connectivity index is 1.55. The van der Waals surface area contributed by atoms with Crippen molar-refractivity contribution in [2.24, 2.45) is 0 Å². The first kappa shape index (κ1) is 18.1. The Morgan fingerprint density at radius 1 is 1.15 bits per heavy atom. The maximum atomic E-state index is 12.7. The third-order valence-corrected chi connectivity index (χ3v) is 4.37. The van der Waals surface area contributed by atoms with Crippen LogP contribution in [-0.2, 0) is 4.74 Å². The molecular weight excluding hydrogens is 330 g/mol. The number of nitrogens with one attached hydrogen (secondary N) is 1. The van der Waals surface area contributed by atoms with Gasteiger partial charge < -0.3 is 19.9 Å². The Kier molecular flexibility index (Phi) is 6.38. The minimum atomic E-state index is -0.0416. The van der Waals surface area contributed by atoms with Crippen LogP contribution >= 0.6 is 0 Å². The standard InChI is InChI=1S/C19H25N5O2/c1-26-15-5-9-20-19-21-10-8-17(22-19)18(25)24-13-11-23(12-14-24)16-6-3-2-4-7-16/h2-4,6-8,10H,5,9,11-15H2,1H3,(H,20,21,22). The molecular formula is C19H25N5O2. The highest BCUT2D eigenvalue weighted by atomic mass is 16.5. The second kappa shape index (κ2) is 9.15. The minimum absolute atomic E-state index is 0.0416. The molecule has 3 rings (SSSR count). The maximum absolute atomic E-state index is 12.7. The van der Waals surface area contributed by atoms with Gasteiger partial charge >= 0.3 is 0 Å². The number of anilines is 2. The first-order valence-corrected chi connectivity index (χ1v) is 8.93. The molecule has 1 aliphatic rings. The van der Waals surface area contributed by atoms with Gasteiger partial charge in [-0.05, 0) is 24.6 Å². The maximum Gasteiger partial charge on any atom is 0.272 e. The molecule has 0 spiro atoms. The number of ether oxygens (including phenoxy) is 1. The van der Waals surface area contributed by atoms with Crippen LogP contribution in [-0.4, -0.2) is 67.2 Å². The van der Waals surface area contributed by atoms with Crippen LogP contribution in [0.15, 0.2) is 42.6 Å². The average Bonchev–Trinajstić information content (AvgIpc) is 2.72. The van der Waals surface area contributed by atoms with Gasteiger partial charge in [-0.3, -0.25) is 4.79 Å². The number of hydrogen-bond donors (Lipinski definition) is 1. The summed E-state index contributed by atoms with van der Waals surface area (Å²) in [6, 6.07) is 12.0. The highest BCUT2D eigenvalue weighted by molar-refractivity contribution is 5.92. The molecule has 0 unspecified atom stereocenters. The van der Waals surface area contributed by atoms with E-state index < -0.39 is 0 Å². The molecule has 1 saturated heterocycles. The molecule has 2 heterocycles. The number of benzene rings is 1. The molecule has 7 heteroatoms. The van der Waals surface area contributed by atoms with Crippen molar-refractivity contribution in [3.8, 4) is 0 Å². The molecule has 0 radical (unpaired) electrons. The smallest absolute Gasteiger partial charge is 0.272 e. The van der Waals surface area contributed by atoms with Crippen LogP contribution in [0.2, 0.25) is 0 Å². The lowest BCUT2D eigenvalue weighted by Crippen LogP contribution is -2.49. The molecule has 1 N–H and O–H groups in total. The second-order valence-corrected chi connectivity index (χ2v) is 6.15. The quantitative estimate of drug-likeness (QED) is 0.765. The molecule has 1 fully saturated rings. The zero-order valence-corrected chi connectivity index (χ0v) is 15.1. The van der Waals surface area contributed by atoms with E-state index in [1.54, 1.807) is 19.4 Å². The van der Waals surface area contributed by atoms with Gasteiger partial charge in [0.15, 0.2) is 0 Å². The predicted molar refractivity (Wildman–Crippen MR) is 102 cm³/mol. The highest BCUT2D eigenvalue weighted by Crippen LogP contribution is 2.16. The summed E-state index contributed by atoms with van der Waals surface area (Å²) in [5, 5.41) is 3.13. The number of methoxy groups -OCH3 is 1. The molecule has 1 aromatic carbocycles. The van der Waals surface area contributed by atoms with Gasteiger partial charge in [0.1, 0.15) is 5.69 Å². The fraction of sp³-hybridized carbons (Fsp3) is 0.421. The summed E-state index contributed by atoms with van der Waals surface area (Å²) >= 11 is 0. The van der Waals surface area contributed by atoms with E-state index in [1.165, 1.54) is 5.69 Å². The lowest BCUT2D eigenvalue weighted by molar-refractivity contribution is 0.0741. The Bertz CT molecular complexity index is 702. The second-order valence-electron chi connectivity index (χ2n) is 6.15. The third kappa shape index (κ3) is 4.70. The number of carbonyl (C=O) groups is 1. The van der Waals surface area contributed by atoms with Gasteiger partial charge in [0.25, 0.3) is 5.91 Å². The number of aromatic nitrogens is 2. The number of para-hydroxylation sites is 1. The summed E-state index contributed by atoms with van der Waals surface area (Å²) in [4.78, 5) is 25.4. The van der Waals surface area contributed by atoms with Gasteiger partial charge in [0, 0.05) is 58.3 Å². The van der Waals surface area contributed by atoms with Gasteiger partial charge in [-0.1, -0.05) is 18.2 Å². The normalized spacial score (nSPS) is 14.3. The van der Waals surface area contributed by atoms with Crippen LogP contribution in [0.4, 0.5) is 11.6 Å². The van der Waals surface area contributed by atoms with Crippen LogP contribution in [0, 0.1) is 0 Å². The molecule has 1 aliphatic heterocycles. The van der Waals surface area contributed by atoms with Gasteiger partial charge in [-0.15, -0.1) is 0 Å². The summed E-state index contributed by atoms with van der Waals surface area (Å²) in [5.41, 5.74) is 1.63. The van der Waals surface area contributed by atoms with E-state index in [2.05, 4.69) is 32.3 Å². The van der Waals surface area contributed by atoms with Crippen LogP contribution in [0.5, 0.6) is 0 Å². The zero-order chi connectivity index (χ0) is 18.2. The summed E-state index contributed by atoms with van der Waals surface area (Å²) in [5.74, 6) is 0.440. The summed E-state index contributed by atoms with van der Waals surface area (Å²) in [6.07, 6.45) is 2.48. The first-order chi connectivity index (χ1) is 12.8. The van der Waals surface area contributed by atoms with Crippen LogP contribution in [0.1, 0.15) is 16.9 Å². The van der Waals surface area contributed by atoms with Crippen molar-refractivity contribution in [2.45, 2.75) is 6.42 Å². The lowest BCUT2D eigenvalue weighted by Gasteiger charge is -2.36. The van der Waals surface area contributed by atoms with Crippen LogP contribution in [0.25, 0.3) is 0 Å². The number of piperazine rings is 1. The fourth-order valence-electron chi connectivity index (χ4n) is 2.95. The molecule has 26 heavy (non-hydrogen) atoms. The van der Waals surface area contributed by atoms with Crippen molar-refractivity contribution >= 4 is 17.5 Å². The zero-order valence-electron chi connectivity index (χ0n) is 15.1. The van der Waals surface area contributed by atoms with E-state index in [-0.39, 0.29) is 5.91 Å². The third-order valence-electron chi connectivity index (χ3n) is 4.37. The Morgan fingerprint density at radius 3 is 2.65 bits per heavy atom. The number of rotatable bonds is 7. The largest absolute Gasteiger partial charge is 0.385 e. The number of nitrogens with zero attached hydrogens (tertiary/aromatic N) is 4. The molecule has 1 aromatic heterocycles. The molecule has 0 saturated carbocycles. The van der Waals surface area contributed by atoms with Crippen molar-refractivity contribution in [2.75, 3.05) is 56.7 Å². The summed E-state index contributed by atoms with van der Waals surface area (Å²) in [6.45, 7) is 4.41. The predicted octanol–water partition coefficient (Wildman–Crippen LogP) is 1.89. The van der Waals surface area contributed by atoms with E-state index in [0.717, 1.165) is 19.5 Å². The topological polar surface area (TPSA) is 70.6 Å². The van der Waals surface area contributed by atoms with E-state index in [9.17, 15) is 4.79 Å². The molecule has 0 aliphatic carbocycles. The monoisotopic (exact) mass is 355 g/mol. The fourth-order valence-corrected chi connectivity index (χ4v) is 2.95. The number of hydrogen-bond acceptors (Lipinski definition) is 6. The summed E-state index contributed by atoms with van der Waals surface area (Å²) < 4.78 is 5.02. The Labute approximate surface area is 154 Å². The van der Waals surface area contributed by atoms with E-state index >= 15 is 0 Å². The van der Waals surface area contributed by atoms with E-state index in [1.807, 2.05) is 23.1 Å². The molecule has 0 bridgehead atoms. The van der Waals surface area contributed by atoms with Gasteiger partial charge in [-0.2, -0.15) is 0 Å². The van der Waals surface area contributed by atoms with E-state index in [0.29, 0.717) is 37.9 Å². The van der Waals surface area contributed by atoms with Crippen molar-refractivity contribution in [1.29, 1.82) is 0 Å². The van der Waals surface area contributed by atoms with Gasteiger partial charge in [-0.25, -0.2) is 9.97 Å². The minimum Gasteiger partial charge on any atom is -0.385 e. The highest BCUT2D eigenvalue weighted by Gasteiger charge is 2.23. The van der Waals surface area contributed by atoms with Crippen LogP contribution in [0.3, 0.4) is 0 Å². The summed E-state index contributed by atoms with van der Waals surface area (Å²) in [7, 11) is 1.67. The van der Waals surface area contributed by atoms with E-state index in [4.69, 9.17) is 4.74 Å². The lowest BCUT2D eigenvalue weighted by atomic mass is 10.2.